The highest BCUT2D eigenvalue weighted by Gasteiger charge is 2.38. The fraction of sp³-hybridized carbons (Fsp3) is 0.222. The lowest BCUT2D eigenvalue weighted by Gasteiger charge is -2.42. The van der Waals surface area contributed by atoms with Crippen molar-refractivity contribution in [3.05, 3.63) is 149 Å². The van der Waals surface area contributed by atoms with Gasteiger partial charge in [-0.05, 0) is 150 Å². The van der Waals surface area contributed by atoms with Crippen molar-refractivity contribution in [1.82, 2.24) is 4.57 Å². The topological polar surface area (TPSA) is 17.0 Å². The normalized spacial score (nSPS) is 15.6. The Kier molecular flexibility index (Phi) is 8.27. The molecule has 8 aromatic rings. The number of nitrogens with zero attached hydrogens (tertiary/aromatic N) is 1. The van der Waals surface area contributed by atoms with Crippen molar-refractivity contribution in [2.24, 2.45) is 0 Å². The molecule has 1 N–H and O–H groups in total. The zero-order chi connectivity index (χ0) is 40.5. The number of rotatable bonds is 4. The second kappa shape index (κ2) is 13.2. The van der Waals surface area contributed by atoms with E-state index in [9.17, 15) is 0 Å². The zero-order valence-corrected chi connectivity index (χ0v) is 36.9. The predicted octanol–water partition coefficient (Wildman–Crippen LogP) is 14.0. The van der Waals surface area contributed by atoms with Crippen LogP contribution < -0.4 is 16.2 Å². The summed E-state index contributed by atoms with van der Waals surface area (Å²) in [6.07, 6.45) is 2.39. The van der Waals surface area contributed by atoms with E-state index in [0.717, 1.165) is 5.69 Å². The fourth-order valence-electron chi connectivity index (χ4n) is 10.4. The largest absolute Gasteiger partial charge is 0.355 e. The Bertz CT molecular complexity index is 3090. The smallest absolute Gasteiger partial charge is 0.197 e. The van der Waals surface area contributed by atoms with Crippen LogP contribution >= 0.6 is 23.5 Å². The molecule has 1 aliphatic carbocycles. The number of aryl methyl sites for hydroxylation is 4. The van der Waals surface area contributed by atoms with Gasteiger partial charge in [0, 0.05) is 58.5 Å². The van der Waals surface area contributed by atoms with Crippen molar-refractivity contribution in [3.8, 4) is 27.9 Å². The lowest BCUT2D eigenvalue weighted by Crippen LogP contribution is -2.37. The molecule has 11 rings (SSSR count). The molecule has 5 heteroatoms. The highest BCUT2D eigenvalue weighted by atomic mass is 32.2. The van der Waals surface area contributed by atoms with Crippen LogP contribution in [0.15, 0.2) is 135 Å². The number of hydrogen-bond acceptors (Lipinski definition) is 3. The van der Waals surface area contributed by atoms with E-state index >= 15 is 0 Å². The van der Waals surface area contributed by atoms with Crippen LogP contribution in [0.1, 0.15) is 73.9 Å². The summed E-state index contributed by atoms with van der Waals surface area (Å²) in [4.78, 5) is 5.22. The minimum absolute atomic E-state index is 0.105. The maximum atomic E-state index is 4.15. The number of nitrogens with one attached hydrogen (secondary N) is 1. The molecule has 3 heterocycles. The minimum Gasteiger partial charge on any atom is -0.355 e. The van der Waals surface area contributed by atoms with E-state index in [1.54, 1.807) is 0 Å². The van der Waals surface area contributed by atoms with E-state index in [0.29, 0.717) is 0 Å². The van der Waals surface area contributed by atoms with Gasteiger partial charge in [0.05, 0.1) is 5.52 Å². The van der Waals surface area contributed by atoms with Crippen LogP contribution in [-0.2, 0) is 10.8 Å². The third-order valence-corrected chi connectivity index (χ3v) is 16.0. The Hall–Kier alpha value is -5.10. The molecule has 59 heavy (non-hydrogen) atoms. The van der Waals surface area contributed by atoms with E-state index < -0.39 is 0 Å². The second-order valence-corrected chi connectivity index (χ2v) is 20.7. The molecule has 0 bridgehead atoms. The summed E-state index contributed by atoms with van der Waals surface area (Å²) < 4.78 is 2.55. The Morgan fingerprint density at radius 2 is 1.22 bits per heavy atom. The molecule has 3 aliphatic rings. The Morgan fingerprint density at radius 3 is 1.95 bits per heavy atom. The van der Waals surface area contributed by atoms with Crippen molar-refractivity contribution in [1.29, 1.82) is 0 Å². The maximum absolute atomic E-state index is 4.15. The van der Waals surface area contributed by atoms with Crippen LogP contribution in [0.4, 0.5) is 11.4 Å². The highest BCUT2D eigenvalue weighted by molar-refractivity contribution is 8.05. The first kappa shape index (κ1) is 36.9. The third kappa shape index (κ3) is 5.79. The molecule has 0 spiro atoms. The standard InChI is InChI=1S/C54H48BN2S2/c1-30-22-32(3)50(33(4)23-30)34-25-38(51-45(26-34)57-44-17-10-9-14-35(44)36-15-13-16-41(55-51)52(36)57)37-27-48-49(59-47-19-12-11-18-46(47)58-48)29-43(37)56-42-28-40-39(24-31(42)2)53(5,6)20-21-54(40,7)8/h9-19,22-29,56H,20-21H2,1-8H3. The average Bonchev–Trinajstić information content (AvgIpc) is 3.55. The van der Waals surface area contributed by atoms with Crippen molar-refractivity contribution in [2.45, 2.75) is 98.6 Å². The fourth-order valence-corrected chi connectivity index (χ4v) is 12.7. The molecule has 1 aromatic heterocycles. The average molecular weight is 800 g/mol. The Labute approximate surface area is 358 Å². The van der Waals surface area contributed by atoms with Gasteiger partial charge in [-0.1, -0.05) is 129 Å². The SMILES string of the molecule is Cc1cc(C)c(-c2cc(-c3cc4c(cc3Nc3cc5c(cc3C)C(C)(C)CCC5(C)C)Sc3ccccc3S4)c3c(c2)-n2c4ccccc4c4cccc(c42)[B]3)c(C)c1. The first-order valence-electron chi connectivity index (χ1n) is 21.0. The number of hydrogen-bond donors (Lipinski definition) is 1. The molecule has 0 saturated carbocycles. The van der Waals surface area contributed by atoms with Crippen molar-refractivity contribution in [3.63, 3.8) is 0 Å². The van der Waals surface area contributed by atoms with Crippen molar-refractivity contribution >= 4 is 74.9 Å². The first-order chi connectivity index (χ1) is 28.3. The Morgan fingerprint density at radius 1 is 0.576 bits per heavy atom. The van der Waals surface area contributed by atoms with Gasteiger partial charge in [0.2, 0.25) is 0 Å². The molecule has 7 aromatic carbocycles. The van der Waals surface area contributed by atoms with E-state index in [-0.39, 0.29) is 10.8 Å². The minimum atomic E-state index is 0.105. The summed E-state index contributed by atoms with van der Waals surface area (Å²) in [6, 6.07) is 44.1. The lowest BCUT2D eigenvalue weighted by atomic mass is 9.58. The third-order valence-electron chi connectivity index (χ3n) is 13.5. The molecule has 2 aliphatic heterocycles. The van der Waals surface area contributed by atoms with Gasteiger partial charge in [0.15, 0.2) is 7.28 Å². The van der Waals surface area contributed by atoms with E-state index in [1.807, 2.05) is 23.5 Å². The summed E-state index contributed by atoms with van der Waals surface area (Å²) in [5, 5.41) is 6.73. The van der Waals surface area contributed by atoms with Gasteiger partial charge in [0.1, 0.15) is 0 Å². The summed E-state index contributed by atoms with van der Waals surface area (Å²) in [7, 11) is 2.46. The first-order valence-corrected chi connectivity index (χ1v) is 22.7. The van der Waals surface area contributed by atoms with Crippen LogP contribution in [-0.4, -0.2) is 11.8 Å². The molecule has 0 atom stereocenters. The Balaban J connectivity index is 1.20. The monoisotopic (exact) mass is 799 g/mol. The lowest BCUT2D eigenvalue weighted by molar-refractivity contribution is 0.332. The van der Waals surface area contributed by atoms with Crippen LogP contribution in [0.25, 0.3) is 49.7 Å². The van der Waals surface area contributed by atoms with E-state index in [2.05, 4.69) is 188 Å². The van der Waals surface area contributed by atoms with Crippen LogP contribution in [0.5, 0.6) is 0 Å². The zero-order valence-electron chi connectivity index (χ0n) is 35.2. The summed E-state index contributed by atoms with van der Waals surface area (Å²) in [5.41, 5.74) is 22.0. The molecule has 2 nitrogen and oxygen atoms in total. The molecule has 1 radical (unpaired) electrons. The molecule has 289 valence electrons. The van der Waals surface area contributed by atoms with Crippen molar-refractivity contribution in [2.75, 3.05) is 5.32 Å². The van der Waals surface area contributed by atoms with Gasteiger partial charge < -0.3 is 9.88 Å². The predicted molar refractivity (Wildman–Crippen MR) is 255 cm³/mol. The van der Waals surface area contributed by atoms with Gasteiger partial charge in [-0.3, -0.25) is 0 Å². The van der Waals surface area contributed by atoms with Crippen LogP contribution in [0.3, 0.4) is 0 Å². The van der Waals surface area contributed by atoms with Gasteiger partial charge in [-0.25, -0.2) is 0 Å². The molecule has 0 amide bonds. The number of benzene rings is 7. The quantitative estimate of drug-likeness (QED) is 0.179. The summed E-state index contributed by atoms with van der Waals surface area (Å²) in [5.74, 6) is 0. The highest BCUT2D eigenvalue weighted by Crippen LogP contribution is 2.53. The molecule has 0 fully saturated rings. The second-order valence-electron chi connectivity index (χ2n) is 18.6. The maximum Gasteiger partial charge on any atom is 0.197 e. The summed E-state index contributed by atoms with van der Waals surface area (Å²) >= 11 is 3.78. The van der Waals surface area contributed by atoms with Gasteiger partial charge >= 0.3 is 0 Å². The van der Waals surface area contributed by atoms with E-state index in [1.165, 1.54) is 132 Å². The number of anilines is 2. The summed E-state index contributed by atoms with van der Waals surface area (Å²) in [6.45, 7) is 18.8. The van der Waals surface area contributed by atoms with Crippen LogP contribution in [0, 0.1) is 27.7 Å². The van der Waals surface area contributed by atoms with Crippen molar-refractivity contribution < 1.29 is 0 Å². The molecule has 0 saturated heterocycles. The van der Waals surface area contributed by atoms with Crippen LogP contribution in [0.2, 0.25) is 0 Å². The number of aromatic nitrogens is 1. The van der Waals surface area contributed by atoms with Gasteiger partial charge in [-0.2, -0.15) is 0 Å². The molecular weight excluding hydrogens is 752 g/mol. The van der Waals surface area contributed by atoms with Gasteiger partial charge in [-0.15, -0.1) is 0 Å². The molecule has 0 unspecified atom stereocenters. The molecular formula is C54H48BN2S2. The van der Waals surface area contributed by atoms with E-state index in [4.69, 9.17) is 0 Å². The number of para-hydroxylation sites is 2. The van der Waals surface area contributed by atoms with Gasteiger partial charge in [0.25, 0.3) is 0 Å². The number of fused-ring (bicyclic) bond motifs is 8.